The van der Waals surface area contributed by atoms with Gasteiger partial charge >= 0.3 is 0 Å². The molecule has 1 aromatic rings. The number of ether oxygens (including phenoxy) is 1. The first-order valence-corrected chi connectivity index (χ1v) is 7.41. The Kier molecular flexibility index (Phi) is 5.95. The predicted octanol–water partition coefficient (Wildman–Crippen LogP) is 2.57. The number of hydrogen-bond donors (Lipinski definition) is 1. The zero-order valence-corrected chi connectivity index (χ0v) is 12.2. The summed E-state index contributed by atoms with van der Waals surface area (Å²) < 4.78 is 18.1. The van der Waals surface area contributed by atoms with Crippen LogP contribution in [0.4, 0.5) is 4.39 Å². The van der Waals surface area contributed by atoms with Crippen LogP contribution in [-0.2, 0) is 4.74 Å². The summed E-state index contributed by atoms with van der Waals surface area (Å²) in [6, 6.07) is 6.51. The van der Waals surface area contributed by atoms with Crippen molar-refractivity contribution in [3.05, 3.63) is 35.6 Å². The molecule has 1 saturated heterocycles. The third-order valence-electron chi connectivity index (χ3n) is 4.16. The van der Waals surface area contributed by atoms with Gasteiger partial charge in [-0.05, 0) is 62.5 Å². The highest BCUT2D eigenvalue weighted by Gasteiger charge is 2.19. The highest BCUT2D eigenvalue weighted by atomic mass is 19.1. The van der Waals surface area contributed by atoms with Crippen LogP contribution in [0.5, 0.6) is 0 Å². The lowest BCUT2D eigenvalue weighted by atomic mass is 9.97. The monoisotopic (exact) mass is 280 g/mol. The van der Waals surface area contributed by atoms with E-state index in [1.165, 1.54) is 25.0 Å². The lowest BCUT2D eigenvalue weighted by Crippen LogP contribution is -2.36. The molecule has 4 heteroatoms. The van der Waals surface area contributed by atoms with Crippen LogP contribution in [0, 0.1) is 11.7 Å². The van der Waals surface area contributed by atoms with Crippen LogP contribution in [0.25, 0.3) is 0 Å². The molecule has 1 heterocycles. The molecule has 1 unspecified atom stereocenters. The van der Waals surface area contributed by atoms with E-state index in [-0.39, 0.29) is 11.9 Å². The van der Waals surface area contributed by atoms with E-state index < -0.39 is 0 Å². The largest absolute Gasteiger partial charge is 0.384 e. The van der Waals surface area contributed by atoms with E-state index in [1.807, 2.05) is 0 Å². The molecule has 1 fully saturated rings. The van der Waals surface area contributed by atoms with Crippen LogP contribution in [0.15, 0.2) is 24.3 Å². The first-order chi connectivity index (χ1) is 9.69. The summed E-state index contributed by atoms with van der Waals surface area (Å²) in [6.07, 6.45) is 3.33. The van der Waals surface area contributed by atoms with Gasteiger partial charge in [0.25, 0.3) is 0 Å². The first-order valence-electron chi connectivity index (χ1n) is 7.41. The van der Waals surface area contributed by atoms with Gasteiger partial charge in [0, 0.05) is 19.8 Å². The molecular formula is C16H25FN2O. The molecule has 1 aromatic carbocycles. The number of benzene rings is 1. The summed E-state index contributed by atoms with van der Waals surface area (Å²) in [5, 5.41) is 0. The molecule has 2 N–H and O–H groups in total. The molecule has 112 valence electrons. The number of halogens is 1. The molecule has 0 bridgehead atoms. The number of likely N-dealkylation sites (tertiary alicyclic amines) is 1. The third kappa shape index (κ3) is 4.54. The summed E-state index contributed by atoms with van der Waals surface area (Å²) in [6.45, 7) is 4.15. The minimum absolute atomic E-state index is 0.00713. The second-order valence-corrected chi connectivity index (χ2v) is 5.69. The van der Waals surface area contributed by atoms with Crippen LogP contribution in [-0.4, -0.2) is 38.3 Å². The average molecular weight is 280 g/mol. The van der Waals surface area contributed by atoms with E-state index in [0.717, 1.165) is 38.2 Å². The highest BCUT2D eigenvalue weighted by molar-refractivity contribution is 5.19. The van der Waals surface area contributed by atoms with Crippen molar-refractivity contribution < 1.29 is 9.13 Å². The fourth-order valence-electron chi connectivity index (χ4n) is 2.81. The second kappa shape index (κ2) is 7.72. The minimum atomic E-state index is -0.207. The standard InChI is InChI=1S/C16H25FN2O/c1-20-12-13-6-9-19(10-7-13)11-8-16(18)14-2-4-15(17)5-3-14/h2-5,13,16H,6-12,18H2,1H3. The van der Waals surface area contributed by atoms with Crippen molar-refractivity contribution in [3.63, 3.8) is 0 Å². The van der Waals surface area contributed by atoms with Gasteiger partial charge in [-0.2, -0.15) is 0 Å². The number of nitrogens with two attached hydrogens (primary N) is 1. The molecular weight excluding hydrogens is 255 g/mol. The molecule has 1 atom stereocenters. The van der Waals surface area contributed by atoms with Gasteiger partial charge in [-0.1, -0.05) is 12.1 Å². The molecule has 0 spiro atoms. The van der Waals surface area contributed by atoms with Crippen molar-refractivity contribution in [1.29, 1.82) is 0 Å². The molecule has 20 heavy (non-hydrogen) atoms. The van der Waals surface area contributed by atoms with E-state index in [1.54, 1.807) is 19.2 Å². The Morgan fingerprint density at radius 2 is 1.95 bits per heavy atom. The molecule has 0 aromatic heterocycles. The quantitative estimate of drug-likeness (QED) is 0.870. The molecule has 0 aliphatic carbocycles. The summed E-state index contributed by atoms with van der Waals surface area (Å²) in [5.74, 6) is 0.503. The predicted molar refractivity (Wildman–Crippen MR) is 79.0 cm³/mol. The Bertz CT molecular complexity index is 388. The van der Waals surface area contributed by atoms with Gasteiger partial charge in [0.1, 0.15) is 5.82 Å². The molecule has 3 nitrogen and oxygen atoms in total. The molecule has 0 radical (unpaired) electrons. The zero-order valence-electron chi connectivity index (χ0n) is 12.2. The van der Waals surface area contributed by atoms with Gasteiger partial charge in [0.2, 0.25) is 0 Å². The van der Waals surface area contributed by atoms with E-state index >= 15 is 0 Å². The molecule has 2 rings (SSSR count). The van der Waals surface area contributed by atoms with Crippen molar-refractivity contribution in [2.24, 2.45) is 11.7 Å². The van der Waals surface area contributed by atoms with Gasteiger partial charge < -0.3 is 15.4 Å². The first kappa shape index (κ1) is 15.4. The van der Waals surface area contributed by atoms with Crippen LogP contribution in [0.1, 0.15) is 30.9 Å². The van der Waals surface area contributed by atoms with E-state index in [9.17, 15) is 4.39 Å². The second-order valence-electron chi connectivity index (χ2n) is 5.69. The third-order valence-corrected chi connectivity index (χ3v) is 4.16. The highest BCUT2D eigenvalue weighted by Crippen LogP contribution is 2.20. The lowest BCUT2D eigenvalue weighted by molar-refractivity contribution is 0.0983. The van der Waals surface area contributed by atoms with E-state index in [0.29, 0.717) is 5.92 Å². The average Bonchev–Trinajstić information content (AvgIpc) is 2.47. The Hall–Kier alpha value is -0.970. The normalized spacial score (nSPS) is 19.1. The van der Waals surface area contributed by atoms with Crippen LogP contribution < -0.4 is 5.73 Å². The maximum atomic E-state index is 12.9. The van der Waals surface area contributed by atoms with Crippen LogP contribution >= 0.6 is 0 Å². The van der Waals surface area contributed by atoms with Crippen molar-refractivity contribution in [2.75, 3.05) is 33.4 Å². The Morgan fingerprint density at radius 3 is 2.55 bits per heavy atom. The fourth-order valence-corrected chi connectivity index (χ4v) is 2.81. The zero-order chi connectivity index (χ0) is 14.4. The SMILES string of the molecule is COCC1CCN(CCC(N)c2ccc(F)cc2)CC1. The molecule has 1 aliphatic heterocycles. The number of hydrogen-bond acceptors (Lipinski definition) is 3. The van der Waals surface area contributed by atoms with Crippen molar-refractivity contribution in [2.45, 2.75) is 25.3 Å². The minimum Gasteiger partial charge on any atom is -0.384 e. The molecule has 0 saturated carbocycles. The van der Waals surface area contributed by atoms with Crippen LogP contribution in [0.3, 0.4) is 0 Å². The number of methoxy groups -OCH3 is 1. The summed E-state index contributed by atoms with van der Waals surface area (Å²) in [5.41, 5.74) is 7.18. The Labute approximate surface area is 120 Å². The lowest BCUT2D eigenvalue weighted by Gasteiger charge is -2.32. The molecule has 1 aliphatic rings. The van der Waals surface area contributed by atoms with Gasteiger partial charge in [-0.3, -0.25) is 0 Å². The summed E-state index contributed by atoms with van der Waals surface area (Å²) in [4.78, 5) is 2.47. The Balaban J connectivity index is 1.71. The number of nitrogens with zero attached hydrogens (tertiary/aromatic N) is 1. The van der Waals surface area contributed by atoms with Gasteiger partial charge in [-0.15, -0.1) is 0 Å². The smallest absolute Gasteiger partial charge is 0.123 e. The van der Waals surface area contributed by atoms with Crippen LogP contribution in [0.2, 0.25) is 0 Å². The van der Waals surface area contributed by atoms with Crippen molar-refractivity contribution in [3.8, 4) is 0 Å². The van der Waals surface area contributed by atoms with Gasteiger partial charge in [0.15, 0.2) is 0 Å². The number of rotatable bonds is 6. The molecule has 0 amide bonds. The van der Waals surface area contributed by atoms with Crippen molar-refractivity contribution >= 4 is 0 Å². The number of piperidine rings is 1. The van der Waals surface area contributed by atoms with Gasteiger partial charge in [-0.25, -0.2) is 4.39 Å². The Morgan fingerprint density at radius 1 is 1.30 bits per heavy atom. The maximum absolute atomic E-state index is 12.9. The fraction of sp³-hybridized carbons (Fsp3) is 0.625. The topological polar surface area (TPSA) is 38.5 Å². The summed E-state index contributed by atoms with van der Waals surface area (Å²) in [7, 11) is 1.77. The van der Waals surface area contributed by atoms with E-state index in [2.05, 4.69) is 4.90 Å². The van der Waals surface area contributed by atoms with E-state index in [4.69, 9.17) is 10.5 Å². The van der Waals surface area contributed by atoms with Gasteiger partial charge in [0.05, 0.1) is 0 Å². The summed E-state index contributed by atoms with van der Waals surface area (Å²) >= 11 is 0. The van der Waals surface area contributed by atoms with Crippen molar-refractivity contribution in [1.82, 2.24) is 4.90 Å². The maximum Gasteiger partial charge on any atom is 0.123 e.